The van der Waals surface area contributed by atoms with Gasteiger partial charge in [-0.05, 0) is 44.0 Å². The zero-order valence-electron chi connectivity index (χ0n) is 16.8. The molecule has 1 aromatic heterocycles. The summed E-state index contributed by atoms with van der Waals surface area (Å²) in [5, 5.41) is 5.44. The monoisotopic (exact) mass is 430 g/mol. The molecule has 9 heteroatoms. The van der Waals surface area contributed by atoms with Crippen LogP contribution < -0.4 is 10.6 Å². The largest absolute Gasteiger partial charge is 0.349 e. The van der Waals surface area contributed by atoms with E-state index in [1.807, 2.05) is 6.07 Å². The van der Waals surface area contributed by atoms with Gasteiger partial charge >= 0.3 is 0 Å². The first-order valence-electron chi connectivity index (χ1n) is 9.91. The Morgan fingerprint density at radius 3 is 2.60 bits per heavy atom. The van der Waals surface area contributed by atoms with Crippen LogP contribution in [0.1, 0.15) is 25.5 Å². The van der Waals surface area contributed by atoms with E-state index in [-0.39, 0.29) is 29.8 Å². The minimum absolute atomic E-state index is 0.103. The number of hydrogen-bond donors (Lipinski definition) is 2. The normalized spacial score (nSPS) is 18.4. The van der Waals surface area contributed by atoms with Crippen molar-refractivity contribution in [1.82, 2.24) is 19.9 Å². The minimum Gasteiger partial charge on any atom is -0.349 e. The maximum Gasteiger partial charge on any atom is 0.243 e. The highest BCUT2D eigenvalue weighted by Gasteiger charge is 2.34. The van der Waals surface area contributed by atoms with Crippen LogP contribution in [0.25, 0.3) is 0 Å². The van der Waals surface area contributed by atoms with Gasteiger partial charge in [0.25, 0.3) is 0 Å². The van der Waals surface area contributed by atoms with Gasteiger partial charge in [-0.1, -0.05) is 24.3 Å². The van der Waals surface area contributed by atoms with Gasteiger partial charge in [-0.2, -0.15) is 4.31 Å². The highest BCUT2D eigenvalue weighted by molar-refractivity contribution is 7.89. The molecule has 30 heavy (non-hydrogen) atoms. The van der Waals surface area contributed by atoms with Crippen molar-refractivity contribution in [3.63, 3.8) is 0 Å². The molecule has 2 atom stereocenters. The standard InChI is InChI=1S/C21H26N4O4S/c1-16(20(26)23-14-18-9-5-6-12-22-18)24-21(27)17-8-7-13-25(15-17)30(28,29)19-10-3-2-4-11-19/h2-6,9-12,16-17H,7-8,13-15H2,1H3,(H,23,26)(H,24,27)/t16-,17+/m0/s1. The van der Waals surface area contributed by atoms with Crippen LogP contribution >= 0.6 is 0 Å². The molecule has 0 bridgehead atoms. The Labute approximate surface area is 176 Å². The molecule has 1 fully saturated rings. The Bertz CT molecular complexity index is 967. The second-order valence-electron chi connectivity index (χ2n) is 7.28. The van der Waals surface area contributed by atoms with Gasteiger partial charge in [0.15, 0.2) is 0 Å². The lowest BCUT2D eigenvalue weighted by Gasteiger charge is -2.31. The maximum atomic E-state index is 12.8. The van der Waals surface area contributed by atoms with Gasteiger partial charge < -0.3 is 10.6 Å². The summed E-state index contributed by atoms with van der Waals surface area (Å²) < 4.78 is 27.0. The van der Waals surface area contributed by atoms with Crippen LogP contribution in [0.2, 0.25) is 0 Å². The fourth-order valence-corrected chi connectivity index (χ4v) is 4.89. The number of sulfonamides is 1. The molecule has 2 aromatic rings. The van der Waals surface area contributed by atoms with E-state index in [1.54, 1.807) is 55.6 Å². The van der Waals surface area contributed by atoms with E-state index in [0.29, 0.717) is 19.4 Å². The fraction of sp³-hybridized carbons (Fsp3) is 0.381. The number of carbonyl (C=O) groups excluding carboxylic acids is 2. The average Bonchev–Trinajstić information content (AvgIpc) is 2.78. The molecule has 1 aliphatic heterocycles. The third-order valence-corrected chi connectivity index (χ3v) is 6.94. The van der Waals surface area contributed by atoms with Gasteiger partial charge in [0.2, 0.25) is 21.8 Å². The van der Waals surface area contributed by atoms with Gasteiger partial charge in [0, 0.05) is 19.3 Å². The lowest BCUT2D eigenvalue weighted by Crippen LogP contribution is -2.50. The highest BCUT2D eigenvalue weighted by atomic mass is 32.2. The molecule has 1 aromatic carbocycles. The van der Waals surface area contributed by atoms with E-state index in [2.05, 4.69) is 15.6 Å². The average molecular weight is 431 g/mol. The molecule has 0 unspecified atom stereocenters. The quantitative estimate of drug-likeness (QED) is 0.688. The summed E-state index contributed by atoms with van der Waals surface area (Å²) in [7, 11) is -3.65. The number of nitrogens with one attached hydrogen (secondary N) is 2. The molecular formula is C21H26N4O4S. The Balaban J connectivity index is 1.55. The summed E-state index contributed by atoms with van der Waals surface area (Å²) >= 11 is 0. The van der Waals surface area contributed by atoms with Crippen LogP contribution in [0.15, 0.2) is 59.6 Å². The van der Waals surface area contributed by atoms with E-state index in [9.17, 15) is 18.0 Å². The first-order valence-corrected chi connectivity index (χ1v) is 11.3. The molecule has 1 saturated heterocycles. The van der Waals surface area contributed by atoms with Crippen molar-refractivity contribution < 1.29 is 18.0 Å². The Kier molecular flexibility index (Phi) is 7.17. The third-order valence-electron chi connectivity index (χ3n) is 5.06. The van der Waals surface area contributed by atoms with Crippen LogP contribution in [0.5, 0.6) is 0 Å². The predicted molar refractivity (Wildman–Crippen MR) is 112 cm³/mol. The van der Waals surface area contributed by atoms with Crippen molar-refractivity contribution in [2.24, 2.45) is 5.92 Å². The Hall–Kier alpha value is -2.78. The van der Waals surface area contributed by atoms with Crippen molar-refractivity contribution in [2.75, 3.05) is 13.1 Å². The summed E-state index contributed by atoms with van der Waals surface area (Å²) in [6.45, 7) is 2.35. The summed E-state index contributed by atoms with van der Waals surface area (Å²) in [6, 6.07) is 12.9. The van der Waals surface area contributed by atoms with Crippen LogP contribution in [0, 0.1) is 5.92 Å². The highest BCUT2D eigenvalue weighted by Crippen LogP contribution is 2.23. The SMILES string of the molecule is C[C@H](NC(=O)[C@@H]1CCCN(S(=O)(=O)c2ccccc2)C1)C(=O)NCc1ccccn1. The van der Waals surface area contributed by atoms with Crippen LogP contribution in [0.4, 0.5) is 0 Å². The number of hydrogen-bond acceptors (Lipinski definition) is 5. The summed E-state index contributed by atoms with van der Waals surface area (Å²) in [4.78, 5) is 29.3. The Morgan fingerprint density at radius 1 is 1.17 bits per heavy atom. The lowest BCUT2D eigenvalue weighted by molar-refractivity contribution is -0.131. The van der Waals surface area contributed by atoms with E-state index in [0.717, 1.165) is 5.69 Å². The molecule has 160 valence electrons. The third kappa shape index (κ3) is 5.43. The van der Waals surface area contributed by atoms with Crippen LogP contribution in [-0.2, 0) is 26.2 Å². The van der Waals surface area contributed by atoms with Crippen molar-refractivity contribution in [2.45, 2.75) is 37.2 Å². The molecule has 3 rings (SSSR count). The molecule has 0 spiro atoms. The fourth-order valence-electron chi connectivity index (χ4n) is 3.35. The van der Waals surface area contributed by atoms with E-state index < -0.39 is 22.0 Å². The molecule has 2 N–H and O–H groups in total. The molecule has 0 radical (unpaired) electrons. The zero-order chi connectivity index (χ0) is 21.6. The number of carbonyl (C=O) groups is 2. The first kappa shape index (κ1) is 21.9. The van der Waals surface area contributed by atoms with Crippen molar-refractivity contribution in [3.05, 3.63) is 60.4 Å². The number of pyridine rings is 1. The predicted octanol–water partition coefficient (Wildman–Crippen LogP) is 1.30. The molecule has 2 heterocycles. The number of amides is 2. The van der Waals surface area contributed by atoms with Crippen LogP contribution in [0.3, 0.4) is 0 Å². The van der Waals surface area contributed by atoms with Crippen LogP contribution in [-0.4, -0.2) is 48.7 Å². The Morgan fingerprint density at radius 2 is 1.90 bits per heavy atom. The second-order valence-corrected chi connectivity index (χ2v) is 9.22. The molecule has 8 nitrogen and oxygen atoms in total. The number of rotatable bonds is 7. The van der Waals surface area contributed by atoms with Crippen molar-refractivity contribution in [1.29, 1.82) is 0 Å². The molecule has 0 saturated carbocycles. The first-order chi connectivity index (χ1) is 14.4. The number of nitrogens with zero attached hydrogens (tertiary/aromatic N) is 2. The van der Waals surface area contributed by atoms with E-state index in [4.69, 9.17) is 0 Å². The summed E-state index contributed by atoms with van der Waals surface area (Å²) in [5.41, 5.74) is 0.721. The smallest absolute Gasteiger partial charge is 0.243 e. The number of piperidine rings is 1. The molecule has 2 amide bonds. The van der Waals surface area contributed by atoms with Crippen molar-refractivity contribution in [3.8, 4) is 0 Å². The van der Waals surface area contributed by atoms with Gasteiger partial charge in [0.05, 0.1) is 23.1 Å². The van der Waals surface area contributed by atoms with Gasteiger partial charge in [0.1, 0.15) is 6.04 Å². The summed E-state index contributed by atoms with van der Waals surface area (Å²) in [5.74, 6) is -1.13. The van der Waals surface area contributed by atoms with Crippen molar-refractivity contribution >= 4 is 21.8 Å². The van der Waals surface area contributed by atoms with Gasteiger partial charge in [-0.15, -0.1) is 0 Å². The topological polar surface area (TPSA) is 108 Å². The van der Waals surface area contributed by atoms with Gasteiger partial charge in [-0.3, -0.25) is 14.6 Å². The second kappa shape index (κ2) is 9.82. The molecule has 1 aliphatic rings. The molecule has 0 aliphatic carbocycles. The molecular weight excluding hydrogens is 404 g/mol. The lowest BCUT2D eigenvalue weighted by atomic mass is 9.98. The van der Waals surface area contributed by atoms with E-state index >= 15 is 0 Å². The number of aromatic nitrogens is 1. The van der Waals surface area contributed by atoms with Gasteiger partial charge in [-0.25, -0.2) is 8.42 Å². The minimum atomic E-state index is -3.65. The summed E-state index contributed by atoms with van der Waals surface area (Å²) in [6.07, 6.45) is 2.81. The number of benzene rings is 1. The van der Waals surface area contributed by atoms with E-state index in [1.165, 1.54) is 4.31 Å². The zero-order valence-corrected chi connectivity index (χ0v) is 17.6. The maximum absolute atomic E-state index is 12.8.